The van der Waals surface area contributed by atoms with E-state index in [2.05, 4.69) is 26.6 Å². The van der Waals surface area contributed by atoms with Crippen LogP contribution in [0, 0.1) is 0 Å². The van der Waals surface area contributed by atoms with Gasteiger partial charge in [0.2, 0.25) is 12.7 Å². The molecule has 0 radical (unpaired) electrons. The van der Waals surface area contributed by atoms with Gasteiger partial charge in [-0.05, 0) is 23.8 Å². The third kappa shape index (κ3) is 5.50. The molecule has 9 heteroatoms. The van der Waals surface area contributed by atoms with Crippen molar-refractivity contribution in [2.75, 3.05) is 46.1 Å². The van der Waals surface area contributed by atoms with Gasteiger partial charge in [0.25, 0.3) is 0 Å². The van der Waals surface area contributed by atoms with Crippen molar-refractivity contribution in [2.24, 2.45) is 0 Å². The average molecular weight is 421 g/mol. The first-order valence-corrected chi connectivity index (χ1v) is 9.43. The van der Waals surface area contributed by atoms with E-state index in [9.17, 15) is 4.79 Å². The second kappa shape index (κ2) is 10.3. The van der Waals surface area contributed by atoms with E-state index in [1.807, 2.05) is 24.4 Å². The number of hydrogen-bond donors (Lipinski definition) is 2. The smallest absolute Gasteiger partial charge is 0.234 e. The summed E-state index contributed by atoms with van der Waals surface area (Å²) in [6, 6.07) is 9.57. The Morgan fingerprint density at radius 2 is 2.21 bits per heavy atom. The number of carbonyl (C=O) groups is 1. The van der Waals surface area contributed by atoms with Crippen LogP contribution in [0.25, 0.3) is 0 Å². The summed E-state index contributed by atoms with van der Waals surface area (Å²) >= 11 is 0. The summed E-state index contributed by atoms with van der Waals surface area (Å²) in [7, 11) is 0. The van der Waals surface area contributed by atoms with Crippen LogP contribution in [0.3, 0.4) is 0 Å². The third-order valence-electron chi connectivity index (χ3n) is 4.81. The van der Waals surface area contributed by atoms with Gasteiger partial charge in [0, 0.05) is 44.1 Å². The van der Waals surface area contributed by atoms with Gasteiger partial charge in [0.05, 0.1) is 13.1 Å². The monoisotopic (exact) mass is 420 g/mol. The topological polar surface area (TPSA) is 85.0 Å². The number of aromatic nitrogens is 1. The fourth-order valence-corrected chi connectivity index (χ4v) is 3.40. The van der Waals surface area contributed by atoms with Gasteiger partial charge in [-0.2, -0.15) is 0 Å². The molecule has 1 aromatic heterocycles. The van der Waals surface area contributed by atoms with Crippen LogP contribution in [-0.4, -0.2) is 61.9 Å². The van der Waals surface area contributed by atoms with Gasteiger partial charge in [0.1, 0.15) is 12.4 Å². The number of carbonyl (C=O) groups excluding carboxylic acids is 1. The Labute approximate surface area is 175 Å². The molecule has 156 valence electrons. The van der Waals surface area contributed by atoms with Crippen LogP contribution in [0.4, 0.5) is 0 Å². The zero-order valence-corrected chi connectivity index (χ0v) is 16.8. The summed E-state index contributed by atoms with van der Waals surface area (Å²) in [6.07, 6.45) is 3.62. The molecule has 1 saturated heterocycles. The van der Waals surface area contributed by atoms with Crippen molar-refractivity contribution in [3.05, 3.63) is 48.3 Å². The normalized spacial score (nSPS) is 18.0. The number of hydrogen-bond acceptors (Lipinski definition) is 7. The summed E-state index contributed by atoms with van der Waals surface area (Å²) < 4.78 is 16.3. The van der Waals surface area contributed by atoms with Crippen molar-refractivity contribution in [3.63, 3.8) is 0 Å². The lowest BCUT2D eigenvalue weighted by Gasteiger charge is -2.35. The van der Waals surface area contributed by atoms with Crippen LogP contribution < -0.4 is 24.8 Å². The van der Waals surface area contributed by atoms with Crippen LogP contribution in [0.5, 0.6) is 17.2 Å². The molecule has 2 aliphatic heterocycles. The van der Waals surface area contributed by atoms with Crippen molar-refractivity contribution >= 4 is 18.3 Å². The molecule has 4 rings (SSSR count). The number of fused-ring (bicyclic) bond motifs is 1. The largest absolute Gasteiger partial charge is 0.492 e. The molecule has 2 N–H and O–H groups in total. The highest BCUT2D eigenvalue weighted by atomic mass is 35.5. The van der Waals surface area contributed by atoms with Crippen molar-refractivity contribution in [1.82, 2.24) is 20.5 Å². The SMILES string of the molecule is Cl.O=C(CN1CCNCC1c1cccnc1)NCCOc1ccc2c(c1)OCO2. The molecule has 29 heavy (non-hydrogen) atoms. The molecule has 1 atom stereocenters. The first-order chi connectivity index (χ1) is 13.8. The van der Waals surface area contributed by atoms with E-state index < -0.39 is 0 Å². The van der Waals surface area contributed by atoms with Gasteiger partial charge in [0.15, 0.2) is 11.5 Å². The second-order valence-corrected chi connectivity index (χ2v) is 6.69. The number of halogens is 1. The van der Waals surface area contributed by atoms with E-state index in [1.165, 1.54) is 0 Å². The maximum atomic E-state index is 12.4. The van der Waals surface area contributed by atoms with E-state index in [4.69, 9.17) is 14.2 Å². The summed E-state index contributed by atoms with van der Waals surface area (Å²) in [5.74, 6) is 2.09. The van der Waals surface area contributed by atoms with E-state index in [0.717, 1.165) is 30.9 Å². The molecular weight excluding hydrogens is 396 g/mol. The molecule has 1 amide bonds. The van der Waals surface area contributed by atoms with Crippen LogP contribution in [0.1, 0.15) is 11.6 Å². The molecule has 8 nitrogen and oxygen atoms in total. The number of ether oxygens (including phenoxy) is 3. The molecule has 1 aromatic carbocycles. The number of amides is 1. The van der Waals surface area contributed by atoms with Gasteiger partial charge >= 0.3 is 0 Å². The first kappa shape index (κ1) is 21.2. The minimum atomic E-state index is -0.00919. The van der Waals surface area contributed by atoms with E-state index in [-0.39, 0.29) is 31.1 Å². The fraction of sp³-hybridized carbons (Fsp3) is 0.400. The number of nitrogens with zero attached hydrogens (tertiary/aromatic N) is 2. The van der Waals surface area contributed by atoms with E-state index in [1.54, 1.807) is 12.3 Å². The van der Waals surface area contributed by atoms with E-state index in [0.29, 0.717) is 31.2 Å². The Bertz CT molecular complexity index is 808. The molecule has 0 spiro atoms. The Kier molecular flexibility index (Phi) is 7.51. The molecule has 0 saturated carbocycles. The number of pyridine rings is 1. The third-order valence-corrected chi connectivity index (χ3v) is 4.81. The zero-order valence-electron chi connectivity index (χ0n) is 16.0. The first-order valence-electron chi connectivity index (χ1n) is 9.43. The van der Waals surface area contributed by atoms with Gasteiger partial charge in [-0.15, -0.1) is 12.4 Å². The van der Waals surface area contributed by atoms with Gasteiger partial charge in [-0.1, -0.05) is 6.07 Å². The lowest BCUT2D eigenvalue weighted by Crippen LogP contribution is -2.49. The number of piperazine rings is 1. The second-order valence-electron chi connectivity index (χ2n) is 6.69. The van der Waals surface area contributed by atoms with Gasteiger partial charge in [-0.3, -0.25) is 14.7 Å². The molecule has 1 fully saturated rings. The summed E-state index contributed by atoms with van der Waals surface area (Å²) in [5.41, 5.74) is 1.12. The molecule has 0 aliphatic carbocycles. The zero-order chi connectivity index (χ0) is 19.2. The van der Waals surface area contributed by atoms with Crippen LogP contribution in [0.15, 0.2) is 42.7 Å². The predicted octanol–water partition coefficient (Wildman–Crippen LogP) is 1.37. The summed E-state index contributed by atoms with van der Waals surface area (Å²) in [4.78, 5) is 18.8. The highest BCUT2D eigenvalue weighted by Crippen LogP contribution is 2.35. The Morgan fingerprint density at radius 3 is 3.07 bits per heavy atom. The van der Waals surface area contributed by atoms with Crippen molar-refractivity contribution in [1.29, 1.82) is 0 Å². The predicted molar refractivity (Wildman–Crippen MR) is 110 cm³/mol. The number of rotatable bonds is 7. The van der Waals surface area contributed by atoms with Crippen LogP contribution in [0.2, 0.25) is 0 Å². The van der Waals surface area contributed by atoms with Crippen LogP contribution >= 0.6 is 12.4 Å². The average Bonchev–Trinajstić information content (AvgIpc) is 3.20. The molecule has 2 aliphatic rings. The Balaban J connectivity index is 0.00000240. The molecule has 1 unspecified atom stereocenters. The van der Waals surface area contributed by atoms with Crippen molar-refractivity contribution < 1.29 is 19.0 Å². The lowest BCUT2D eigenvalue weighted by molar-refractivity contribution is -0.123. The maximum absolute atomic E-state index is 12.4. The maximum Gasteiger partial charge on any atom is 0.234 e. The Morgan fingerprint density at radius 1 is 1.31 bits per heavy atom. The van der Waals surface area contributed by atoms with Crippen molar-refractivity contribution in [3.8, 4) is 17.2 Å². The summed E-state index contributed by atoms with van der Waals surface area (Å²) in [6.45, 7) is 3.92. The van der Waals surface area contributed by atoms with Gasteiger partial charge < -0.3 is 24.8 Å². The number of benzene rings is 1. The van der Waals surface area contributed by atoms with Crippen LogP contribution in [-0.2, 0) is 4.79 Å². The highest BCUT2D eigenvalue weighted by molar-refractivity contribution is 5.85. The van der Waals surface area contributed by atoms with Crippen molar-refractivity contribution in [2.45, 2.75) is 6.04 Å². The lowest BCUT2D eigenvalue weighted by atomic mass is 10.1. The minimum absolute atomic E-state index is 0. The quantitative estimate of drug-likeness (QED) is 0.654. The number of nitrogens with one attached hydrogen (secondary N) is 2. The molecule has 2 aromatic rings. The fourth-order valence-electron chi connectivity index (χ4n) is 3.40. The molecule has 0 bridgehead atoms. The summed E-state index contributed by atoms with van der Waals surface area (Å²) in [5, 5.41) is 6.31. The Hall–Kier alpha value is -2.55. The standard InChI is InChI=1S/C20H24N4O4.ClH/c25-20(13-24-8-6-22-12-17(24)15-2-1-5-21-11-15)23-7-9-26-16-3-4-18-19(10-16)28-14-27-18;/h1-5,10-11,17,22H,6-9,12-14H2,(H,23,25);1H. The van der Waals surface area contributed by atoms with E-state index >= 15 is 0 Å². The van der Waals surface area contributed by atoms with Gasteiger partial charge in [-0.25, -0.2) is 0 Å². The minimum Gasteiger partial charge on any atom is -0.492 e. The molecular formula is C20H25ClN4O4. The highest BCUT2D eigenvalue weighted by Gasteiger charge is 2.25. The molecule has 3 heterocycles.